The van der Waals surface area contributed by atoms with E-state index in [1.54, 1.807) is 0 Å². The lowest BCUT2D eigenvalue weighted by atomic mass is 9.90. The zero-order valence-electron chi connectivity index (χ0n) is 11.7. The molecule has 1 aliphatic carbocycles. The first-order valence-electron chi connectivity index (χ1n) is 7.68. The minimum Gasteiger partial charge on any atom is -0.379 e. The van der Waals surface area contributed by atoms with Crippen molar-refractivity contribution in [2.75, 3.05) is 52.6 Å². The first-order chi connectivity index (χ1) is 9.36. The lowest BCUT2D eigenvalue weighted by molar-refractivity contribution is -0.179. The summed E-state index contributed by atoms with van der Waals surface area (Å²) in [7, 11) is 0. The predicted molar refractivity (Wildman–Crippen MR) is 72.2 cm³/mol. The topological polar surface area (TPSA) is 43.0 Å². The quantitative estimate of drug-likeness (QED) is 0.810. The van der Waals surface area contributed by atoms with Gasteiger partial charge in [-0.2, -0.15) is 0 Å². The zero-order chi connectivity index (χ0) is 13.0. The van der Waals surface area contributed by atoms with E-state index in [9.17, 15) is 0 Å². The van der Waals surface area contributed by atoms with E-state index in [1.807, 2.05) is 0 Å². The maximum absolute atomic E-state index is 5.76. The third kappa shape index (κ3) is 3.67. The van der Waals surface area contributed by atoms with E-state index in [4.69, 9.17) is 14.2 Å². The van der Waals surface area contributed by atoms with Crippen molar-refractivity contribution in [3.05, 3.63) is 0 Å². The Balaban J connectivity index is 1.31. The monoisotopic (exact) mass is 270 g/mol. The van der Waals surface area contributed by atoms with Gasteiger partial charge in [-0.3, -0.25) is 4.90 Å². The molecule has 2 saturated heterocycles. The molecular formula is C14H26N2O3. The van der Waals surface area contributed by atoms with Crippen LogP contribution in [0.2, 0.25) is 0 Å². The highest BCUT2D eigenvalue weighted by Gasteiger charge is 2.40. The van der Waals surface area contributed by atoms with E-state index in [0.29, 0.717) is 6.04 Å². The molecule has 2 heterocycles. The molecule has 0 aromatic carbocycles. The van der Waals surface area contributed by atoms with Crippen molar-refractivity contribution in [1.29, 1.82) is 0 Å². The molecule has 0 radical (unpaired) electrons. The molecule has 1 N–H and O–H groups in total. The van der Waals surface area contributed by atoms with Gasteiger partial charge in [-0.1, -0.05) is 0 Å². The third-order valence-electron chi connectivity index (χ3n) is 4.53. The van der Waals surface area contributed by atoms with Crippen LogP contribution in [0.25, 0.3) is 0 Å². The summed E-state index contributed by atoms with van der Waals surface area (Å²) >= 11 is 0. The van der Waals surface area contributed by atoms with Gasteiger partial charge >= 0.3 is 0 Å². The highest BCUT2D eigenvalue weighted by molar-refractivity contribution is 4.85. The largest absolute Gasteiger partial charge is 0.379 e. The van der Waals surface area contributed by atoms with Crippen LogP contribution in [0.1, 0.15) is 25.7 Å². The van der Waals surface area contributed by atoms with Crippen molar-refractivity contribution >= 4 is 0 Å². The van der Waals surface area contributed by atoms with Gasteiger partial charge in [0.15, 0.2) is 5.79 Å². The molecule has 2 aliphatic heterocycles. The highest BCUT2D eigenvalue weighted by atomic mass is 16.7. The lowest BCUT2D eigenvalue weighted by Gasteiger charge is -2.36. The minimum atomic E-state index is -0.220. The molecule has 3 rings (SSSR count). The molecule has 110 valence electrons. The first kappa shape index (κ1) is 13.8. The molecule has 0 aromatic rings. The second-order valence-electron chi connectivity index (χ2n) is 5.79. The Bertz CT molecular complexity index is 266. The number of hydrogen-bond donors (Lipinski definition) is 1. The number of rotatable bonds is 4. The number of nitrogens with one attached hydrogen (secondary N) is 1. The molecule has 0 atom stereocenters. The first-order valence-corrected chi connectivity index (χ1v) is 7.68. The summed E-state index contributed by atoms with van der Waals surface area (Å²) < 4.78 is 16.9. The van der Waals surface area contributed by atoms with Crippen LogP contribution in [0.15, 0.2) is 0 Å². The average molecular weight is 270 g/mol. The Labute approximate surface area is 115 Å². The molecule has 3 fully saturated rings. The summed E-state index contributed by atoms with van der Waals surface area (Å²) in [4.78, 5) is 2.48. The Morgan fingerprint density at radius 2 is 1.68 bits per heavy atom. The van der Waals surface area contributed by atoms with Gasteiger partial charge in [0.1, 0.15) is 0 Å². The molecule has 5 heteroatoms. The predicted octanol–water partition coefficient (Wildman–Crippen LogP) is 0.594. The van der Waals surface area contributed by atoms with Crippen LogP contribution < -0.4 is 5.32 Å². The van der Waals surface area contributed by atoms with Gasteiger partial charge in [-0.15, -0.1) is 0 Å². The van der Waals surface area contributed by atoms with Crippen molar-refractivity contribution in [3.63, 3.8) is 0 Å². The number of morpholine rings is 1. The fourth-order valence-corrected chi connectivity index (χ4v) is 3.30. The standard InChI is InChI=1S/C14H26N2O3/c1-3-14(18-11-12-19-14)4-2-13(1)15-5-6-16-7-9-17-10-8-16/h13,15H,1-12H2. The van der Waals surface area contributed by atoms with Crippen molar-refractivity contribution in [2.45, 2.75) is 37.5 Å². The SMILES string of the molecule is C(CN1CCOCC1)NC1CCC2(CC1)OCCO2. The molecule has 1 saturated carbocycles. The maximum Gasteiger partial charge on any atom is 0.168 e. The van der Waals surface area contributed by atoms with Gasteiger partial charge in [0.05, 0.1) is 26.4 Å². The number of hydrogen-bond acceptors (Lipinski definition) is 5. The summed E-state index contributed by atoms with van der Waals surface area (Å²) in [5.74, 6) is -0.220. The third-order valence-corrected chi connectivity index (χ3v) is 4.53. The maximum atomic E-state index is 5.76. The summed E-state index contributed by atoms with van der Waals surface area (Å²) in [6, 6.07) is 0.638. The van der Waals surface area contributed by atoms with Crippen LogP contribution in [-0.2, 0) is 14.2 Å². The second-order valence-corrected chi connectivity index (χ2v) is 5.79. The highest BCUT2D eigenvalue weighted by Crippen LogP contribution is 2.35. The van der Waals surface area contributed by atoms with Crippen molar-refractivity contribution in [2.24, 2.45) is 0 Å². The van der Waals surface area contributed by atoms with E-state index < -0.39 is 0 Å². The summed E-state index contributed by atoms with van der Waals surface area (Å²) in [5, 5.41) is 3.68. The van der Waals surface area contributed by atoms with E-state index in [0.717, 1.165) is 65.4 Å². The van der Waals surface area contributed by atoms with E-state index in [-0.39, 0.29) is 5.79 Å². The average Bonchev–Trinajstić information content (AvgIpc) is 2.91. The van der Waals surface area contributed by atoms with Gasteiger partial charge in [-0.05, 0) is 12.8 Å². The Kier molecular flexibility index (Phi) is 4.71. The molecule has 5 nitrogen and oxygen atoms in total. The second kappa shape index (κ2) is 6.50. The molecule has 3 aliphatic rings. The Morgan fingerprint density at radius 3 is 2.37 bits per heavy atom. The Morgan fingerprint density at radius 1 is 1.00 bits per heavy atom. The molecule has 19 heavy (non-hydrogen) atoms. The lowest BCUT2D eigenvalue weighted by Crippen LogP contribution is -2.45. The van der Waals surface area contributed by atoms with Gasteiger partial charge < -0.3 is 19.5 Å². The zero-order valence-corrected chi connectivity index (χ0v) is 11.7. The minimum absolute atomic E-state index is 0.220. The van der Waals surface area contributed by atoms with E-state index in [2.05, 4.69) is 10.2 Å². The summed E-state index contributed by atoms with van der Waals surface area (Å²) in [6.45, 7) is 7.71. The van der Waals surface area contributed by atoms with Gasteiger partial charge in [0.2, 0.25) is 0 Å². The fourth-order valence-electron chi connectivity index (χ4n) is 3.30. The van der Waals surface area contributed by atoms with Crippen LogP contribution in [0.3, 0.4) is 0 Å². The van der Waals surface area contributed by atoms with E-state index >= 15 is 0 Å². The molecule has 1 spiro atoms. The fraction of sp³-hybridized carbons (Fsp3) is 1.00. The van der Waals surface area contributed by atoms with Crippen LogP contribution >= 0.6 is 0 Å². The number of ether oxygens (including phenoxy) is 3. The molecule has 0 unspecified atom stereocenters. The van der Waals surface area contributed by atoms with Crippen LogP contribution in [-0.4, -0.2) is 69.3 Å². The smallest absolute Gasteiger partial charge is 0.168 e. The van der Waals surface area contributed by atoms with E-state index in [1.165, 1.54) is 12.8 Å². The van der Waals surface area contributed by atoms with Crippen LogP contribution in [0.5, 0.6) is 0 Å². The van der Waals surface area contributed by atoms with Crippen molar-refractivity contribution in [3.8, 4) is 0 Å². The van der Waals surface area contributed by atoms with Gasteiger partial charge in [0, 0.05) is 45.1 Å². The number of nitrogens with zero attached hydrogens (tertiary/aromatic N) is 1. The summed E-state index contributed by atoms with van der Waals surface area (Å²) in [6.07, 6.45) is 4.43. The molecule has 0 amide bonds. The normalized spacial score (nSPS) is 29.1. The van der Waals surface area contributed by atoms with Crippen molar-refractivity contribution < 1.29 is 14.2 Å². The van der Waals surface area contributed by atoms with Crippen molar-refractivity contribution in [1.82, 2.24) is 10.2 Å². The van der Waals surface area contributed by atoms with Gasteiger partial charge in [-0.25, -0.2) is 0 Å². The molecule has 0 bridgehead atoms. The van der Waals surface area contributed by atoms with Crippen LogP contribution in [0.4, 0.5) is 0 Å². The molecular weight excluding hydrogens is 244 g/mol. The van der Waals surface area contributed by atoms with Gasteiger partial charge in [0.25, 0.3) is 0 Å². The Hall–Kier alpha value is -0.200. The van der Waals surface area contributed by atoms with Crippen LogP contribution in [0, 0.1) is 0 Å². The summed E-state index contributed by atoms with van der Waals surface area (Å²) in [5.41, 5.74) is 0. The molecule has 0 aromatic heterocycles.